The van der Waals surface area contributed by atoms with Gasteiger partial charge in [-0.05, 0) is 31.6 Å². The van der Waals surface area contributed by atoms with E-state index in [0.717, 1.165) is 6.42 Å². The summed E-state index contributed by atoms with van der Waals surface area (Å²) in [6.45, 7) is 13.6. The Hall–Kier alpha value is -0.120. The molecule has 1 fully saturated rings. The number of hydrogen-bond acceptors (Lipinski definition) is 3. The largest absolute Gasteiger partial charge is 0.396 e. The first kappa shape index (κ1) is 15.9. The third-order valence-corrected chi connectivity index (χ3v) is 4.49. The van der Waals surface area contributed by atoms with Crippen LogP contribution >= 0.6 is 0 Å². The van der Waals surface area contributed by atoms with Gasteiger partial charge in [-0.2, -0.15) is 0 Å². The van der Waals surface area contributed by atoms with Crippen LogP contribution in [0.5, 0.6) is 0 Å². The van der Waals surface area contributed by atoms with Crippen molar-refractivity contribution in [2.45, 2.75) is 78.7 Å². The van der Waals surface area contributed by atoms with Gasteiger partial charge in [0.05, 0.1) is 0 Å². The highest BCUT2D eigenvalue weighted by molar-refractivity contribution is 4.99. The molecule has 1 rings (SSSR count). The first-order chi connectivity index (χ1) is 8.24. The van der Waals surface area contributed by atoms with Gasteiger partial charge in [-0.3, -0.25) is 5.32 Å². The zero-order valence-corrected chi connectivity index (χ0v) is 12.9. The lowest BCUT2D eigenvalue weighted by Gasteiger charge is -2.31. The van der Waals surface area contributed by atoms with Gasteiger partial charge in [0, 0.05) is 12.1 Å². The highest BCUT2D eigenvalue weighted by Gasteiger charge is 2.52. The van der Waals surface area contributed by atoms with Gasteiger partial charge < -0.3 is 9.84 Å². The van der Waals surface area contributed by atoms with Crippen LogP contribution in [-0.4, -0.2) is 29.6 Å². The molecule has 0 aromatic carbocycles. The van der Waals surface area contributed by atoms with Crippen LogP contribution in [0.4, 0.5) is 0 Å². The smallest absolute Gasteiger partial charge is 0.136 e. The Kier molecular flexibility index (Phi) is 5.22. The number of epoxide rings is 1. The summed E-state index contributed by atoms with van der Waals surface area (Å²) in [4.78, 5) is 0. The minimum Gasteiger partial charge on any atom is -0.396 e. The van der Waals surface area contributed by atoms with Crippen molar-refractivity contribution in [2.75, 3.05) is 6.61 Å². The maximum Gasteiger partial charge on any atom is 0.136 e. The third kappa shape index (κ3) is 3.94. The van der Waals surface area contributed by atoms with Gasteiger partial charge in [-0.1, -0.05) is 40.5 Å². The molecule has 3 atom stereocenters. The molecule has 1 saturated heterocycles. The van der Waals surface area contributed by atoms with Gasteiger partial charge in [0.1, 0.15) is 12.3 Å². The first-order valence-electron chi connectivity index (χ1n) is 7.28. The number of nitrogens with one attached hydrogen (secondary N) is 1. The van der Waals surface area contributed by atoms with Crippen molar-refractivity contribution in [2.24, 2.45) is 11.3 Å². The fourth-order valence-electron chi connectivity index (χ4n) is 2.61. The number of aliphatic hydroxyl groups is 1. The molecule has 2 N–H and O–H groups in total. The molecule has 1 heterocycles. The van der Waals surface area contributed by atoms with Crippen LogP contribution in [-0.2, 0) is 4.74 Å². The Balaban J connectivity index is 2.48. The van der Waals surface area contributed by atoms with E-state index in [2.05, 4.69) is 46.9 Å². The molecule has 1 aliphatic rings. The molecule has 108 valence electrons. The summed E-state index contributed by atoms with van der Waals surface area (Å²) < 4.78 is 5.84. The van der Waals surface area contributed by atoms with E-state index in [1.807, 2.05) is 0 Å². The zero-order chi connectivity index (χ0) is 14.0. The fraction of sp³-hybridized carbons (Fsp3) is 1.00. The standard InChI is InChI=1S/C15H31NO2/c1-7-8-11(2)15(5,6)12-13(18-12)16-14(3,4)9-10-17/h11-13,16-17H,7-10H2,1-6H3. The highest BCUT2D eigenvalue weighted by atomic mass is 16.6. The minimum atomic E-state index is -0.0573. The monoisotopic (exact) mass is 257 g/mol. The molecule has 0 spiro atoms. The average molecular weight is 257 g/mol. The van der Waals surface area contributed by atoms with Crippen molar-refractivity contribution in [1.82, 2.24) is 5.32 Å². The summed E-state index contributed by atoms with van der Waals surface area (Å²) >= 11 is 0. The lowest BCUT2D eigenvalue weighted by atomic mass is 9.74. The molecule has 0 radical (unpaired) electrons. The Morgan fingerprint density at radius 1 is 1.28 bits per heavy atom. The molecule has 1 aliphatic heterocycles. The molecule has 0 aliphatic carbocycles. The maximum atomic E-state index is 9.04. The Labute approximate surface area is 112 Å². The van der Waals surface area contributed by atoms with Crippen molar-refractivity contribution in [3.05, 3.63) is 0 Å². The predicted molar refractivity (Wildman–Crippen MR) is 75.4 cm³/mol. The van der Waals surface area contributed by atoms with Crippen LogP contribution in [0.2, 0.25) is 0 Å². The van der Waals surface area contributed by atoms with E-state index in [1.54, 1.807) is 0 Å². The Morgan fingerprint density at radius 2 is 1.89 bits per heavy atom. The van der Waals surface area contributed by atoms with Crippen LogP contribution in [0, 0.1) is 11.3 Å². The molecule has 3 nitrogen and oxygen atoms in total. The second kappa shape index (κ2) is 5.89. The molecular weight excluding hydrogens is 226 g/mol. The minimum absolute atomic E-state index is 0.0573. The van der Waals surface area contributed by atoms with E-state index in [0.29, 0.717) is 12.0 Å². The van der Waals surface area contributed by atoms with Crippen LogP contribution in [0.25, 0.3) is 0 Å². The van der Waals surface area contributed by atoms with Gasteiger partial charge in [0.15, 0.2) is 0 Å². The second-order valence-electron chi connectivity index (χ2n) is 6.99. The second-order valence-corrected chi connectivity index (χ2v) is 6.99. The van der Waals surface area contributed by atoms with E-state index >= 15 is 0 Å². The first-order valence-corrected chi connectivity index (χ1v) is 7.28. The van der Waals surface area contributed by atoms with E-state index in [4.69, 9.17) is 9.84 Å². The van der Waals surface area contributed by atoms with Gasteiger partial charge >= 0.3 is 0 Å². The maximum absolute atomic E-state index is 9.04. The van der Waals surface area contributed by atoms with E-state index < -0.39 is 0 Å². The van der Waals surface area contributed by atoms with E-state index in [9.17, 15) is 0 Å². The molecule has 0 aromatic heterocycles. The van der Waals surface area contributed by atoms with Crippen molar-refractivity contribution in [3.63, 3.8) is 0 Å². The van der Waals surface area contributed by atoms with Crippen molar-refractivity contribution in [1.29, 1.82) is 0 Å². The van der Waals surface area contributed by atoms with Gasteiger partial charge in [0.25, 0.3) is 0 Å². The Morgan fingerprint density at radius 3 is 2.39 bits per heavy atom. The molecule has 0 saturated carbocycles. The number of ether oxygens (including phenoxy) is 1. The van der Waals surface area contributed by atoms with Crippen molar-refractivity contribution >= 4 is 0 Å². The molecule has 0 amide bonds. The zero-order valence-electron chi connectivity index (χ0n) is 12.9. The van der Waals surface area contributed by atoms with Crippen LogP contribution in [0.1, 0.15) is 60.8 Å². The highest BCUT2D eigenvalue weighted by Crippen LogP contribution is 2.44. The van der Waals surface area contributed by atoms with Crippen LogP contribution in [0.3, 0.4) is 0 Å². The average Bonchev–Trinajstić information content (AvgIpc) is 2.96. The quantitative estimate of drug-likeness (QED) is 0.657. The predicted octanol–water partition coefficient (Wildman–Crippen LogP) is 2.92. The van der Waals surface area contributed by atoms with Crippen molar-refractivity contribution in [3.8, 4) is 0 Å². The summed E-state index contributed by atoms with van der Waals surface area (Å²) in [5.41, 5.74) is 0.154. The molecule has 0 aromatic rings. The van der Waals surface area contributed by atoms with E-state index in [1.165, 1.54) is 12.8 Å². The summed E-state index contributed by atoms with van der Waals surface area (Å²) in [5, 5.41) is 12.5. The number of rotatable bonds is 8. The van der Waals surface area contributed by atoms with Crippen LogP contribution < -0.4 is 5.32 Å². The molecule has 0 bridgehead atoms. The summed E-state index contributed by atoms with van der Waals surface area (Å²) in [7, 11) is 0. The van der Waals surface area contributed by atoms with E-state index in [-0.39, 0.29) is 23.8 Å². The van der Waals surface area contributed by atoms with Gasteiger partial charge in [-0.25, -0.2) is 0 Å². The van der Waals surface area contributed by atoms with Gasteiger partial charge in [0.2, 0.25) is 0 Å². The molecule has 3 heteroatoms. The molecule has 18 heavy (non-hydrogen) atoms. The summed E-state index contributed by atoms with van der Waals surface area (Å²) in [6.07, 6.45) is 3.69. The Bertz CT molecular complexity index is 263. The summed E-state index contributed by atoms with van der Waals surface area (Å²) in [5.74, 6) is 0.667. The number of hydrogen-bond donors (Lipinski definition) is 2. The molecule has 3 unspecified atom stereocenters. The van der Waals surface area contributed by atoms with Gasteiger partial charge in [-0.15, -0.1) is 0 Å². The lowest BCUT2D eigenvalue weighted by molar-refractivity contribution is 0.153. The SMILES string of the molecule is CCCC(C)C(C)(C)C1OC1NC(C)(C)CCO. The summed E-state index contributed by atoms with van der Waals surface area (Å²) in [6, 6.07) is 0. The third-order valence-electron chi connectivity index (χ3n) is 4.49. The molecular formula is C15H31NO2. The van der Waals surface area contributed by atoms with Crippen LogP contribution in [0.15, 0.2) is 0 Å². The fourth-order valence-corrected chi connectivity index (χ4v) is 2.61. The number of aliphatic hydroxyl groups excluding tert-OH is 1. The lowest BCUT2D eigenvalue weighted by Crippen LogP contribution is -2.44. The topological polar surface area (TPSA) is 44.8 Å². The normalized spacial score (nSPS) is 26.2. The van der Waals surface area contributed by atoms with Crippen molar-refractivity contribution < 1.29 is 9.84 Å².